The normalized spacial score (nSPS) is 32.4. The van der Waals surface area contributed by atoms with Crippen LogP contribution in [0.4, 0.5) is 0 Å². The summed E-state index contributed by atoms with van der Waals surface area (Å²) in [6, 6.07) is 0. The number of hydrogen-bond acceptors (Lipinski definition) is 3. The molecule has 0 spiro atoms. The first-order chi connectivity index (χ1) is 4.49. The topological polar surface area (TPSA) is 38.7 Å². The second-order valence-corrected chi connectivity index (χ2v) is 3.34. The second kappa shape index (κ2) is 2.53. The van der Waals surface area contributed by atoms with Gasteiger partial charge in [-0.15, -0.1) is 0 Å². The maximum Gasteiger partial charge on any atom is 0.637 e. The third kappa shape index (κ3) is 1.97. The van der Waals surface area contributed by atoms with E-state index in [-0.39, 0.29) is 11.7 Å². The minimum absolute atomic E-state index is 0.0822. The lowest BCUT2D eigenvalue weighted by atomic mass is 9.95. The van der Waals surface area contributed by atoms with Gasteiger partial charge in [0.2, 0.25) is 0 Å². The second-order valence-electron chi connectivity index (χ2n) is 3.34. The van der Waals surface area contributed by atoms with Crippen molar-refractivity contribution >= 4 is 7.32 Å². The zero-order valence-corrected chi connectivity index (χ0v) is 6.63. The zero-order chi connectivity index (χ0) is 7.78. The van der Waals surface area contributed by atoms with Crippen LogP contribution in [0.3, 0.4) is 0 Å². The van der Waals surface area contributed by atoms with E-state index < -0.39 is 7.32 Å². The Labute approximate surface area is 61.5 Å². The first-order valence-electron chi connectivity index (χ1n) is 3.51. The summed E-state index contributed by atoms with van der Waals surface area (Å²) in [6.45, 7) is 5.80. The summed E-state index contributed by atoms with van der Waals surface area (Å²) in [4.78, 5) is 0. The van der Waals surface area contributed by atoms with Crippen molar-refractivity contribution in [3.05, 3.63) is 0 Å². The molecule has 1 rings (SSSR count). The molecule has 0 aromatic heterocycles. The van der Waals surface area contributed by atoms with Gasteiger partial charge in [0.05, 0.1) is 5.60 Å². The van der Waals surface area contributed by atoms with Gasteiger partial charge in [0.1, 0.15) is 0 Å². The lowest BCUT2D eigenvalue weighted by molar-refractivity contribution is -0.0570. The van der Waals surface area contributed by atoms with Crippen LogP contribution in [0, 0.1) is 0 Å². The number of rotatable bonds is 0. The van der Waals surface area contributed by atoms with Gasteiger partial charge < -0.3 is 14.3 Å². The van der Waals surface area contributed by atoms with Crippen LogP contribution < -0.4 is 0 Å². The fourth-order valence-electron chi connectivity index (χ4n) is 1.29. The van der Waals surface area contributed by atoms with E-state index in [0.29, 0.717) is 0 Å². The minimum Gasteiger partial charge on any atom is -0.402 e. The molecule has 1 saturated heterocycles. The van der Waals surface area contributed by atoms with Gasteiger partial charge in [-0.3, -0.25) is 0 Å². The third-order valence-corrected chi connectivity index (χ3v) is 1.55. The molecule has 0 bridgehead atoms. The Balaban J connectivity index is 2.51. The van der Waals surface area contributed by atoms with E-state index in [0.717, 1.165) is 6.42 Å². The van der Waals surface area contributed by atoms with Crippen LogP contribution in [0.1, 0.15) is 27.2 Å². The van der Waals surface area contributed by atoms with Crippen LogP contribution in [-0.4, -0.2) is 24.1 Å². The predicted octanol–water partition coefficient (Wildman–Crippen LogP) is 0.568. The van der Waals surface area contributed by atoms with Gasteiger partial charge in [-0.05, 0) is 27.2 Å². The summed E-state index contributed by atoms with van der Waals surface area (Å²) in [5, 5.41) is 8.97. The lowest BCUT2D eigenvalue weighted by Crippen LogP contribution is -2.45. The first-order valence-corrected chi connectivity index (χ1v) is 3.51. The van der Waals surface area contributed by atoms with Crippen LogP contribution in [0.2, 0.25) is 0 Å². The van der Waals surface area contributed by atoms with Crippen molar-refractivity contribution < 1.29 is 14.3 Å². The smallest absolute Gasteiger partial charge is 0.402 e. The summed E-state index contributed by atoms with van der Waals surface area (Å²) in [5.74, 6) is 0. The molecule has 1 aliphatic heterocycles. The fourth-order valence-corrected chi connectivity index (χ4v) is 1.29. The Morgan fingerprint density at radius 1 is 1.60 bits per heavy atom. The molecular formula is C6H13BO3. The highest BCUT2D eigenvalue weighted by Crippen LogP contribution is 2.24. The molecule has 0 aromatic carbocycles. The molecule has 1 atom stereocenters. The van der Waals surface area contributed by atoms with Crippen LogP contribution >= 0.6 is 0 Å². The summed E-state index contributed by atoms with van der Waals surface area (Å²) < 4.78 is 10.0. The molecule has 1 unspecified atom stereocenters. The summed E-state index contributed by atoms with van der Waals surface area (Å²) in [6.07, 6.45) is 0.906. The van der Waals surface area contributed by atoms with Crippen molar-refractivity contribution in [2.45, 2.75) is 38.9 Å². The van der Waals surface area contributed by atoms with Gasteiger partial charge in [-0.2, -0.15) is 0 Å². The van der Waals surface area contributed by atoms with Gasteiger partial charge in [-0.1, -0.05) is 0 Å². The average molecular weight is 144 g/mol. The van der Waals surface area contributed by atoms with Gasteiger partial charge >= 0.3 is 7.32 Å². The SMILES string of the molecule is CC1CC(C)(C)OB(O)O1. The summed E-state index contributed by atoms with van der Waals surface area (Å²) in [5.41, 5.74) is -0.253. The molecule has 3 nitrogen and oxygen atoms in total. The molecule has 4 heteroatoms. The van der Waals surface area contributed by atoms with Crippen molar-refractivity contribution in [2.75, 3.05) is 0 Å². The number of hydrogen-bond donors (Lipinski definition) is 1. The molecule has 1 aliphatic rings. The Bertz CT molecular complexity index is 114. The van der Waals surface area contributed by atoms with E-state index >= 15 is 0 Å². The maximum absolute atomic E-state index is 8.97. The molecule has 1 heterocycles. The summed E-state index contributed by atoms with van der Waals surface area (Å²) >= 11 is 0. The molecule has 1 fully saturated rings. The predicted molar refractivity (Wildman–Crippen MR) is 38.3 cm³/mol. The van der Waals surface area contributed by atoms with E-state index in [1.165, 1.54) is 0 Å². The van der Waals surface area contributed by atoms with Crippen molar-refractivity contribution in [3.63, 3.8) is 0 Å². The maximum atomic E-state index is 8.97. The van der Waals surface area contributed by atoms with Crippen LogP contribution in [0.25, 0.3) is 0 Å². The highest BCUT2D eigenvalue weighted by Gasteiger charge is 2.36. The molecule has 0 aliphatic carbocycles. The third-order valence-electron chi connectivity index (χ3n) is 1.55. The van der Waals surface area contributed by atoms with Gasteiger partial charge in [0, 0.05) is 6.10 Å². The van der Waals surface area contributed by atoms with Gasteiger partial charge in [0.25, 0.3) is 0 Å². The van der Waals surface area contributed by atoms with E-state index in [4.69, 9.17) is 14.3 Å². The van der Waals surface area contributed by atoms with E-state index in [1.54, 1.807) is 0 Å². The molecular weight excluding hydrogens is 131 g/mol. The Hall–Kier alpha value is -0.0551. The quantitative estimate of drug-likeness (QED) is 0.505. The molecule has 0 radical (unpaired) electrons. The minimum atomic E-state index is -1.04. The molecule has 58 valence electrons. The molecule has 1 N–H and O–H groups in total. The fraction of sp³-hybridized carbons (Fsp3) is 1.00. The van der Waals surface area contributed by atoms with Crippen molar-refractivity contribution in [2.24, 2.45) is 0 Å². The van der Waals surface area contributed by atoms with Crippen LogP contribution in [0.5, 0.6) is 0 Å². The highest BCUT2D eigenvalue weighted by atomic mass is 16.7. The van der Waals surface area contributed by atoms with E-state index in [9.17, 15) is 0 Å². The highest BCUT2D eigenvalue weighted by molar-refractivity contribution is 6.35. The van der Waals surface area contributed by atoms with Crippen LogP contribution in [-0.2, 0) is 9.31 Å². The van der Waals surface area contributed by atoms with E-state index in [1.807, 2.05) is 20.8 Å². The largest absolute Gasteiger partial charge is 0.637 e. The zero-order valence-electron chi connectivity index (χ0n) is 6.63. The van der Waals surface area contributed by atoms with Gasteiger partial charge in [-0.25, -0.2) is 0 Å². The molecule has 0 amide bonds. The van der Waals surface area contributed by atoms with E-state index in [2.05, 4.69) is 0 Å². The lowest BCUT2D eigenvalue weighted by Gasteiger charge is -2.35. The average Bonchev–Trinajstić information content (AvgIpc) is 1.54. The Kier molecular flexibility index (Phi) is 2.03. The molecule has 0 saturated carbocycles. The standard InChI is InChI=1S/C6H13BO3/c1-5-4-6(2,3)10-7(8)9-5/h5,8H,4H2,1-3H3. The Morgan fingerprint density at radius 3 is 2.60 bits per heavy atom. The van der Waals surface area contributed by atoms with Crippen molar-refractivity contribution in [1.82, 2.24) is 0 Å². The van der Waals surface area contributed by atoms with Crippen LogP contribution in [0.15, 0.2) is 0 Å². The van der Waals surface area contributed by atoms with Gasteiger partial charge in [0.15, 0.2) is 0 Å². The molecule has 0 aromatic rings. The summed E-state index contributed by atoms with van der Waals surface area (Å²) in [7, 11) is -1.04. The Morgan fingerprint density at radius 2 is 2.20 bits per heavy atom. The van der Waals surface area contributed by atoms with Crippen molar-refractivity contribution in [3.8, 4) is 0 Å². The first kappa shape index (κ1) is 8.05. The monoisotopic (exact) mass is 144 g/mol. The van der Waals surface area contributed by atoms with Crippen molar-refractivity contribution in [1.29, 1.82) is 0 Å². The molecule has 10 heavy (non-hydrogen) atoms.